The second-order valence-corrected chi connectivity index (χ2v) is 3.92. The van der Waals surface area contributed by atoms with E-state index in [1.165, 1.54) is 6.07 Å². The molecule has 0 aliphatic carbocycles. The van der Waals surface area contributed by atoms with Crippen molar-refractivity contribution in [3.05, 3.63) is 39.9 Å². The van der Waals surface area contributed by atoms with Gasteiger partial charge in [-0.1, -0.05) is 18.2 Å². The Morgan fingerprint density at radius 2 is 2.15 bits per heavy atom. The summed E-state index contributed by atoms with van der Waals surface area (Å²) in [4.78, 5) is 21.4. The van der Waals surface area contributed by atoms with Crippen LogP contribution in [0.1, 0.15) is 12.5 Å². The van der Waals surface area contributed by atoms with Crippen molar-refractivity contribution in [1.29, 1.82) is 0 Å². The lowest BCUT2D eigenvalue weighted by Gasteiger charge is -2.06. The number of para-hydroxylation sites is 1. The summed E-state index contributed by atoms with van der Waals surface area (Å²) >= 11 is 0. The molecule has 0 spiro atoms. The van der Waals surface area contributed by atoms with Crippen molar-refractivity contribution in [3.63, 3.8) is 0 Å². The molecule has 0 radical (unpaired) electrons. The van der Waals surface area contributed by atoms with Gasteiger partial charge in [0.1, 0.15) is 6.61 Å². The summed E-state index contributed by atoms with van der Waals surface area (Å²) in [7, 11) is 0. The summed E-state index contributed by atoms with van der Waals surface area (Å²) in [6.07, 6.45) is 0. The number of esters is 1. The van der Waals surface area contributed by atoms with Gasteiger partial charge < -0.3 is 14.8 Å². The molecule has 0 amide bonds. The predicted molar refractivity (Wildman–Crippen MR) is 72.3 cm³/mol. The third kappa shape index (κ3) is 5.77. The minimum Gasteiger partial charge on any atom is -0.464 e. The lowest BCUT2D eigenvalue weighted by atomic mass is 10.2. The van der Waals surface area contributed by atoms with Crippen LogP contribution in [0, 0.1) is 10.1 Å². The molecule has 1 rings (SSSR count). The Labute approximate surface area is 117 Å². The van der Waals surface area contributed by atoms with Gasteiger partial charge in [-0.05, 0) is 6.92 Å². The van der Waals surface area contributed by atoms with Gasteiger partial charge in [0.15, 0.2) is 0 Å². The maximum atomic E-state index is 11.0. The zero-order chi connectivity index (χ0) is 14.8. The quantitative estimate of drug-likeness (QED) is 0.317. The monoisotopic (exact) mass is 282 g/mol. The number of nitrogens with zero attached hydrogens (tertiary/aromatic N) is 1. The standard InChI is InChI=1S/C13H18N2O5/c1-2-20-13(16)10-19-8-7-14-9-11-5-3-4-6-12(11)15(17)18/h3-6,14H,2,7-10H2,1H3. The Morgan fingerprint density at radius 1 is 1.40 bits per heavy atom. The van der Waals surface area contributed by atoms with E-state index in [1.54, 1.807) is 25.1 Å². The first-order valence-electron chi connectivity index (χ1n) is 6.31. The Hall–Kier alpha value is -1.99. The molecule has 0 atom stereocenters. The number of nitrogens with one attached hydrogen (secondary N) is 1. The van der Waals surface area contributed by atoms with Gasteiger partial charge >= 0.3 is 5.97 Å². The van der Waals surface area contributed by atoms with Crippen molar-refractivity contribution >= 4 is 11.7 Å². The van der Waals surface area contributed by atoms with E-state index < -0.39 is 10.9 Å². The number of rotatable bonds is 9. The Balaban J connectivity index is 2.22. The molecule has 0 bridgehead atoms. The summed E-state index contributed by atoms with van der Waals surface area (Å²) in [6, 6.07) is 6.55. The highest BCUT2D eigenvalue weighted by Gasteiger charge is 2.11. The first-order chi connectivity index (χ1) is 9.65. The number of carbonyl (C=O) groups is 1. The number of hydrogen-bond donors (Lipinski definition) is 1. The molecule has 1 aromatic rings. The van der Waals surface area contributed by atoms with Crippen LogP contribution in [-0.2, 0) is 20.8 Å². The molecule has 110 valence electrons. The fourth-order valence-electron chi connectivity index (χ4n) is 1.56. The maximum Gasteiger partial charge on any atom is 0.332 e. The molecule has 0 saturated heterocycles. The van der Waals surface area contributed by atoms with E-state index in [0.717, 1.165) is 0 Å². The van der Waals surface area contributed by atoms with Crippen LogP contribution >= 0.6 is 0 Å². The van der Waals surface area contributed by atoms with Crippen molar-refractivity contribution < 1.29 is 19.2 Å². The number of nitro groups is 1. The largest absolute Gasteiger partial charge is 0.464 e. The van der Waals surface area contributed by atoms with Gasteiger partial charge in [0.2, 0.25) is 0 Å². The second-order valence-electron chi connectivity index (χ2n) is 3.92. The Morgan fingerprint density at radius 3 is 2.85 bits per heavy atom. The number of nitro benzene ring substituents is 1. The second kappa shape index (κ2) is 9.00. The van der Waals surface area contributed by atoms with Gasteiger partial charge in [-0.2, -0.15) is 0 Å². The zero-order valence-corrected chi connectivity index (χ0v) is 11.3. The summed E-state index contributed by atoms with van der Waals surface area (Å²) in [6.45, 7) is 3.18. The maximum absolute atomic E-state index is 11.0. The fourth-order valence-corrected chi connectivity index (χ4v) is 1.56. The minimum absolute atomic E-state index is 0.0823. The van der Waals surface area contributed by atoms with Gasteiger partial charge in [0, 0.05) is 24.7 Å². The third-order valence-electron chi connectivity index (χ3n) is 2.45. The fraction of sp³-hybridized carbons (Fsp3) is 0.462. The zero-order valence-electron chi connectivity index (χ0n) is 11.3. The van der Waals surface area contributed by atoms with Gasteiger partial charge in [0.05, 0.1) is 18.1 Å². The van der Waals surface area contributed by atoms with Crippen molar-refractivity contribution in [2.75, 3.05) is 26.4 Å². The predicted octanol–water partition coefficient (Wildman–Crippen LogP) is 1.26. The highest BCUT2D eigenvalue weighted by atomic mass is 16.6. The van der Waals surface area contributed by atoms with E-state index in [1.807, 2.05) is 0 Å². The molecule has 0 aliphatic heterocycles. The van der Waals surface area contributed by atoms with Crippen molar-refractivity contribution in [3.8, 4) is 0 Å². The van der Waals surface area contributed by atoms with Crippen LogP contribution in [0.15, 0.2) is 24.3 Å². The van der Waals surface area contributed by atoms with Crippen LogP contribution in [0.2, 0.25) is 0 Å². The molecular weight excluding hydrogens is 264 g/mol. The summed E-state index contributed by atoms with van der Waals surface area (Å²) in [5, 5.41) is 13.8. The lowest BCUT2D eigenvalue weighted by molar-refractivity contribution is -0.385. The molecular formula is C13H18N2O5. The van der Waals surface area contributed by atoms with E-state index in [2.05, 4.69) is 5.32 Å². The van der Waals surface area contributed by atoms with Crippen molar-refractivity contribution in [2.45, 2.75) is 13.5 Å². The molecule has 1 N–H and O–H groups in total. The van der Waals surface area contributed by atoms with E-state index >= 15 is 0 Å². The first kappa shape index (κ1) is 16.1. The lowest BCUT2D eigenvalue weighted by Crippen LogP contribution is -2.22. The van der Waals surface area contributed by atoms with Gasteiger partial charge in [-0.3, -0.25) is 10.1 Å². The Bertz CT molecular complexity index is 450. The molecule has 7 heteroatoms. The van der Waals surface area contributed by atoms with E-state index in [-0.39, 0.29) is 12.3 Å². The number of hydrogen-bond acceptors (Lipinski definition) is 6. The normalized spacial score (nSPS) is 10.2. The smallest absolute Gasteiger partial charge is 0.332 e. The average molecular weight is 282 g/mol. The first-order valence-corrected chi connectivity index (χ1v) is 6.31. The van der Waals surface area contributed by atoms with Crippen LogP contribution in [-0.4, -0.2) is 37.3 Å². The molecule has 0 heterocycles. The summed E-state index contributed by atoms with van der Waals surface area (Å²) in [5.74, 6) is -0.397. The van der Waals surface area contributed by atoms with Crippen LogP contribution in [0.3, 0.4) is 0 Å². The molecule has 0 fully saturated rings. The van der Waals surface area contributed by atoms with E-state index in [0.29, 0.717) is 31.9 Å². The molecule has 20 heavy (non-hydrogen) atoms. The number of benzene rings is 1. The van der Waals surface area contributed by atoms with Crippen molar-refractivity contribution in [2.24, 2.45) is 0 Å². The van der Waals surface area contributed by atoms with Crippen LogP contribution in [0.25, 0.3) is 0 Å². The SMILES string of the molecule is CCOC(=O)COCCNCc1ccccc1[N+](=O)[O-]. The minimum atomic E-state index is -0.408. The van der Waals surface area contributed by atoms with Gasteiger partial charge in [-0.25, -0.2) is 4.79 Å². The van der Waals surface area contributed by atoms with Gasteiger partial charge in [0.25, 0.3) is 5.69 Å². The molecule has 7 nitrogen and oxygen atoms in total. The van der Waals surface area contributed by atoms with Crippen LogP contribution in [0.4, 0.5) is 5.69 Å². The van der Waals surface area contributed by atoms with Crippen LogP contribution < -0.4 is 5.32 Å². The Kier molecular flexibility index (Phi) is 7.23. The summed E-state index contributed by atoms with van der Waals surface area (Å²) in [5.41, 5.74) is 0.704. The summed E-state index contributed by atoms with van der Waals surface area (Å²) < 4.78 is 9.79. The molecule has 0 aromatic heterocycles. The van der Waals surface area contributed by atoms with E-state index in [4.69, 9.17) is 9.47 Å². The highest BCUT2D eigenvalue weighted by Crippen LogP contribution is 2.16. The average Bonchev–Trinajstić information content (AvgIpc) is 2.43. The topological polar surface area (TPSA) is 90.7 Å². The van der Waals surface area contributed by atoms with Crippen molar-refractivity contribution in [1.82, 2.24) is 5.32 Å². The molecule has 0 aliphatic rings. The molecule has 0 saturated carbocycles. The van der Waals surface area contributed by atoms with E-state index in [9.17, 15) is 14.9 Å². The third-order valence-corrected chi connectivity index (χ3v) is 2.45. The number of carbonyl (C=O) groups excluding carboxylic acids is 1. The molecule has 0 unspecified atom stereocenters. The van der Waals surface area contributed by atoms with Crippen LogP contribution in [0.5, 0.6) is 0 Å². The van der Waals surface area contributed by atoms with Gasteiger partial charge in [-0.15, -0.1) is 0 Å². The number of ether oxygens (including phenoxy) is 2. The highest BCUT2D eigenvalue weighted by molar-refractivity contribution is 5.70. The molecule has 1 aromatic carbocycles.